The van der Waals surface area contributed by atoms with Crippen LogP contribution in [0.5, 0.6) is 0 Å². The smallest absolute Gasteiger partial charge is 0.248 e. The Morgan fingerprint density at radius 3 is 2.71 bits per heavy atom. The fraction of sp³-hybridized carbons (Fsp3) is 0.424. The molecule has 2 aliphatic heterocycles. The molecule has 1 aliphatic carbocycles. The summed E-state index contributed by atoms with van der Waals surface area (Å²) in [7, 11) is 0. The van der Waals surface area contributed by atoms with Crippen molar-refractivity contribution in [3.63, 3.8) is 0 Å². The minimum Gasteiger partial charge on any atom is -0.381 e. The summed E-state index contributed by atoms with van der Waals surface area (Å²) in [5.74, 6) is 0.529. The van der Waals surface area contributed by atoms with Crippen LogP contribution in [0.4, 0.5) is 5.82 Å². The SMILES string of the molecule is CC(=O)c1nn(CC(=O)N2[C@H]3C[C@@]4(COCCCCCc5ccc(Br)nc5NC3=O)C[C@@H]24)c2ccc(-c3cnc(C)nc3)cc12. The summed E-state index contributed by atoms with van der Waals surface area (Å²) in [6, 6.07) is 8.77. The number of ether oxygens (including phenoxy) is 1. The highest BCUT2D eigenvalue weighted by atomic mass is 79.9. The van der Waals surface area contributed by atoms with E-state index >= 15 is 0 Å². The maximum absolute atomic E-state index is 14.1. The van der Waals surface area contributed by atoms with E-state index in [4.69, 9.17) is 4.74 Å². The summed E-state index contributed by atoms with van der Waals surface area (Å²) in [5.41, 5.74) is 3.35. The molecule has 5 heterocycles. The van der Waals surface area contributed by atoms with Crippen LogP contribution in [0.15, 0.2) is 47.3 Å². The molecule has 232 valence electrons. The molecule has 3 aromatic heterocycles. The average Bonchev–Trinajstić information content (AvgIpc) is 3.43. The molecule has 1 spiro atoms. The van der Waals surface area contributed by atoms with Crippen molar-refractivity contribution in [2.75, 3.05) is 18.5 Å². The molecular formula is C33H34BrN7O4. The third-order valence-electron chi connectivity index (χ3n) is 9.30. The Labute approximate surface area is 268 Å². The van der Waals surface area contributed by atoms with Gasteiger partial charge in [0.05, 0.1) is 12.1 Å². The van der Waals surface area contributed by atoms with E-state index < -0.39 is 6.04 Å². The number of pyridine rings is 1. The van der Waals surface area contributed by atoms with Crippen LogP contribution in [-0.2, 0) is 27.3 Å². The second-order valence-electron chi connectivity index (χ2n) is 12.4. The number of likely N-dealkylation sites (tertiary alicyclic amines) is 1. The Hall–Kier alpha value is -4.03. The van der Waals surface area contributed by atoms with Gasteiger partial charge < -0.3 is 15.0 Å². The normalized spacial score (nSPS) is 23.2. The van der Waals surface area contributed by atoms with Crippen LogP contribution in [0, 0.1) is 12.3 Å². The van der Waals surface area contributed by atoms with E-state index in [0.717, 1.165) is 48.8 Å². The minimum absolute atomic E-state index is 0.0944. The molecule has 0 unspecified atom stereocenters. The molecule has 7 rings (SSSR count). The summed E-state index contributed by atoms with van der Waals surface area (Å²) in [4.78, 5) is 55.5. The van der Waals surface area contributed by atoms with E-state index in [-0.39, 0.29) is 41.3 Å². The fourth-order valence-corrected chi connectivity index (χ4v) is 7.17. The first-order chi connectivity index (χ1) is 21.7. The lowest BCUT2D eigenvalue weighted by molar-refractivity contribution is -0.138. The topological polar surface area (TPSA) is 132 Å². The third kappa shape index (κ3) is 5.65. The van der Waals surface area contributed by atoms with Crippen molar-refractivity contribution in [1.82, 2.24) is 29.6 Å². The second-order valence-corrected chi connectivity index (χ2v) is 13.2. The van der Waals surface area contributed by atoms with Crippen molar-refractivity contribution in [3.05, 3.63) is 64.4 Å². The number of benzene rings is 1. The number of halogens is 1. The Morgan fingerprint density at radius 2 is 1.91 bits per heavy atom. The van der Waals surface area contributed by atoms with Crippen LogP contribution in [0.25, 0.3) is 22.0 Å². The maximum Gasteiger partial charge on any atom is 0.248 e. The number of carbonyl (C=O) groups is 3. The highest BCUT2D eigenvalue weighted by molar-refractivity contribution is 9.10. The largest absolute Gasteiger partial charge is 0.381 e. The number of nitrogens with zero attached hydrogens (tertiary/aromatic N) is 6. The van der Waals surface area contributed by atoms with E-state index in [1.165, 1.54) is 6.92 Å². The van der Waals surface area contributed by atoms with E-state index in [0.29, 0.717) is 46.8 Å². The van der Waals surface area contributed by atoms with Gasteiger partial charge in [-0.25, -0.2) is 15.0 Å². The number of anilines is 1. The number of nitrogens with one attached hydrogen (secondary N) is 1. The number of aromatic nitrogens is 5. The van der Waals surface area contributed by atoms with E-state index in [9.17, 15) is 14.4 Å². The van der Waals surface area contributed by atoms with Crippen LogP contribution < -0.4 is 5.32 Å². The van der Waals surface area contributed by atoms with Crippen LogP contribution in [-0.4, -0.2) is 72.5 Å². The highest BCUT2D eigenvalue weighted by Gasteiger charge is 2.67. The zero-order valence-corrected chi connectivity index (χ0v) is 26.8. The van der Waals surface area contributed by atoms with Gasteiger partial charge in [-0.05, 0) is 84.3 Å². The zero-order valence-electron chi connectivity index (χ0n) is 25.3. The molecule has 2 amide bonds. The lowest BCUT2D eigenvalue weighted by Gasteiger charge is -2.27. The molecular weight excluding hydrogens is 638 g/mol. The molecule has 3 aliphatic rings. The van der Waals surface area contributed by atoms with Crippen LogP contribution in [0.1, 0.15) is 60.9 Å². The fourth-order valence-electron chi connectivity index (χ4n) is 6.86. The van der Waals surface area contributed by atoms with Gasteiger partial charge in [0, 0.05) is 48.3 Å². The predicted molar refractivity (Wildman–Crippen MR) is 171 cm³/mol. The third-order valence-corrected chi connectivity index (χ3v) is 9.74. The van der Waals surface area contributed by atoms with Crippen molar-refractivity contribution in [1.29, 1.82) is 0 Å². The number of hydrogen-bond acceptors (Lipinski definition) is 8. The molecule has 0 radical (unpaired) electrons. The minimum atomic E-state index is -0.668. The van der Waals surface area contributed by atoms with E-state index in [1.807, 2.05) is 37.3 Å². The first-order valence-electron chi connectivity index (χ1n) is 15.4. The Morgan fingerprint density at radius 1 is 1.09 bits per heavy atom. The molecule has 1 saturated carbocycles. The number of fused-ring (bicyclic) bond motifs is 3. The number of carbonyl (C=O) groups excluding carboxylic acids is 3. The van der Waals surface area contributed by atoms with Gasteiger partial charge in [0.2, 0.25) is 11.8 Å². The van der Waals surface area contributed by atoms with Gasteiger partial charge in [-0.1, -0.05) is 18.6 Å². The molecule has 1 aromatic carbocycles. The van der Waals surface area contributed by atoms with Crippen molar-refractivity contribution in [2.45, 2.75) is 71.0 Å². The second kappa shape index (κ2) is 11.7. The lowest BCUT2D eigenvalue weighted by Crippen LogP contribution is -2.47. The van der Waals surface area contributed by atoms with Crippen LogP contribution in [0.3, 0.4) is 0 Å². The van der Waals surface area contributed by atoms with Crippen molar-refractivity contribution in [3.8, 4) is 11.1 Å². The Bertz CT molecular complexity index is 1820. The highest BCUT2D eigenvalue weighted by Crippen LogP contribution is 2.60. The van der Waals surface area contributed by atoms with Crippen LogP contribution >= 0.6 is 15.9 Å². The zero-order chi connectivity index (χ0) is 31.3. The molecule has 1 N–H and O–H groups in total. The number of ketones is 1. The quantitative estimate of drug-likeness (QED) is 0.239. The van der Waals surface area contributed by atoms with Gasteiger partial charge in [0.25, 0.3) is 0 Å². The monoisotopic (exact) mass is 671 g/mol. The summed E-state index contributed by atoms with van der Waals surface area (Å²) in [6.45, 7) is 4.37. The van der Waals surface area contributed by atoms with Gasteiger partial charge in [0.15, 0.2) is 5.78 Å². The standard InChI is InChI=1S/C33H34BrN7O4/c1-19(42)30-24-12-22(23-15-35-20(2)36-16-23)7-9-25(24)40(39-30)17-29(43)41-26-13-33(14-27(33)41)18-45-11-5-3-4-6-21-8-10-28(34)37-31(21)38-32(26)44/h7-10,12,15-16,26-27H,3-6,11,13-14,17-18H2,1-2H3,(H,37,38,44)/t26-,27+,33-/m0/s1. The predicted octanol–water partition coefficient (Wildman–Crippen LogP) is 4.90. The number of Topliss-reactive ketones (excluding diaryl/α,β-unsaturated/α-hetero) is 1. The summed E-state index contributed by atoms with van der Waals surface area (Å²) >= 11 is 3.44. The summed E-state index contributed by atoms with van der Waals surface area (Å²) < 4.78 is 8.33. The Balaban J connectivity index is 1.20. The van der Waals surface area contributed by atoms with Gasteiger partial charge >= 0.3 is 0 Å². The first kappa shape index (κ1) is 29.7. The van der Waals surface area contributed by atoms with Crippen molar-refractivity contribution >= 4 is 50.2 Å². The van der Waals surface area contributed by atoms with Gasteiger partial charge in [-0.15, -0.1) is 0 Å². The number of hydrogen-bond donors (Lipinski definition) is 1. The number of rotatable bonds is 4. The van der Waals surface area contributed by atoms with Gasteiger partial charge in [-0.3, -0.25) is 19.1 Å². The van der Waals surface area contributed by atoms with Crippen LogP contribution in [0.2, 0.25) is 0 Å². The summed E-state index contributed by atoms with van der Waals surface area (Å²) in [6.07, 6.45) is 8.55. The molecule has 2 fully saturated rings. The molecule has 11 nitrogen and oxygen atoms in total. The van der Waals surface area contributed by atoms with E-state index in [2.05, 4.69) is 41.3 Å². The number of aryl methyl sites for hydroxylation is 2. The summed E-state index contributed by atoms with van der Waals surface area (Å²) in [5, 5.41) is 8.29. The average molecular weight is 673 g/mol. The van der Waals surface area contributed by atoms with Crippen molar-refractivity contribution < 1.29 is 19.1 Å². The van der Waals surface area contributed by atoms with Gasteiger partial charge in [-0.2, -0.15) is 5.10 Å². The van der Waals surface area contributed by atoms with E-state index in [1.54, 1.807) is 22.0 Å². The molecule has 45 heavy (non-hydrogen) atoms. The molecule has 2 bridgehead atoms. The Kier molecular flexibility index (Phi) is 7.73. The van der Waals surface area contributed by atoms with Crippen molar-refractivity contribution in [2.24, 2.45) is 5.41 Å². The first-order valence-corrected chi connectivity index (χ1v) is 16.2. The number of amides is 2. The maximum atomic E-state index is 14.1. The molecule has 4 aromatic rings. The molecule has 12 heteroatoms. The van der Waals surface area contributed by atoms with Gasteiger partial charge in [0.1, 0.15) is 34.5 Å². The molecule has 3 atom stereocenters. The number of piperidine rings is 1. The lowest BCUT2D eigenvalue weighted by atomic mass is 9.99. The molecule has 1 saturated heterocycles.